The second-order valence-corrected chi connectivity index (χ2v) is 5.90. The average Bonchev–Trinajstić information content (AvgIpc) is 2.59. The first kappa shape index (κ1) is 14.0. The fourth-order valence-corrected chi connectivity index (χ4v) is 3.33. The Morgan fingerprint density at radius 3 is 2.71 bits per heavy atom. The molecule has 2 saturated heterocycles. The number of carbonyl (C=O) groups is 2. The maximum atomic E-state index is 12.9. The number of pyridine rings is 1. The normalized spacial score (nSPS) is 23.0. The van der Waals surface area contributed by atoms with Crippen LogP contribution in [0.1, 0.15) is 37.1 Å². The molecule has 5 heteroatoms. The SMILES string of the molecule is Cc1ccc(N2CCC(=O)N3CCCCC3C2=O)c(C)n1. The van der Waals surface area contributed by atoms with E-state index < -0.39 is 0 Å². The molecule has 1 unspecified atom stereocenters. The first-order chi connectivity index (χ1) is 10.1. The molecule has 0 N–H and O–H groups in total. The van der Waals surface area contributed by atoms with Gasteiger partial charge in [-0.15, -0.1) is 0 Å². The number of aryl methyl sites for hydroxylation is 2. The molecule has 2 aliphatic rings. The Morgan fingerprint density at radius 2 is 1.95 bits per heavy atom. The van der Waals surface area contributed by atoms with Crippen molar-refractivity contribution < 1.29 is 9.59 Å². The highest BCUT2D eigenvalue weighted by atomic mass is 16.2. The Hall–Kier alpha value is -1.91. The van der Waals surface area contributed by atoms with Gasteiger partial charge in [0.2, 0.25) is 11.8 Å². The van der Waals surface area contributed by atoms with E-state index in [1.54, 1.807) is 9.80 Å². The molecule has 2 amide bonds. The molecular formula is C16H21N3O2. The van der Waals surface area contributed by atoms with Crippen molar-refractivity contribution >= 4 is 17.5 Å². The molecule has 0 aliphatic carbocycles. The van der Waals surface area contributed by atoms with Gasteiger partial charge in [0.1, 0.15) is 6.04 Å². The third-order valence-electron chi connectivity index (χ3n) is 4.41. The van der Waals surface area contributed by atoms with Crippen LogP contribution in [0.25, 0.3) is 0 Å². The van der Waals surface area contributed by atoms with Crippen LogP contribution in [-0.2, 0) is 9.59 Å². The highest BCUT2D eigenvalue weighted by Gasteiger charge is 2.38. The van der Waals surface area contributed by atoms with Crippen molar-refractivity contribution in [3.8, 4) is 0 Å². The molecule has 3 heterocycles. The summed E-state index contributed by atoms with van der Waals surface area (Å²) in [6, 6.07) is 3.58. The van der Waals surface area contributed by atoms with Gasteiger partial charge in [-0.25, -0.2) is 0 Å². The predicted molar refractivity (Wildman–Crippen MR) is 80.0 cm³/mol. The molecule has 2 fully saturated rings. The molecule has 0 bridgehead atoms. The first-order valence-electron chi connectivity index (χ1n) is 7.63. The fraction of sp³-hybridized carbons (Fsp3) is 0.562. The van der Waals surface area contributed by atoms with Gasteiger partial charge in [-0.3, -0.25) is 14.6 Å². The molecule has 0 spiro atoms. The maximum absolute atomic E-state index is 12.9. The van der Waals surface area contributed by atoms with Gasteiger partial charge >= 0.3 is 0 Å². The van der Waals surface area contributed by atoms with Gasteiger partial charge in [-0.05, 0) is 45.2 Å². The highest BCUT2D eigenvalue weighted by Crippen LogP contribution is 2.27. The molecular weight excluding hydrogens is 266 g/mol. The van der Waals surface area contributed by atoms with Crippen LogP contribution in [0.4, 0.5) is 5.69 Å². The van der Waals surface area contributed by atoms with Crippen LogP contribution >= 0.6 is 0 Å². The van der Waals surface area contributed by atoms with Crippen molar-refractivity contribution in [2.75, 3.05) is 18.0 Å². The van der Waals surface area contributed by atoms with Crippen molar-refractivity contribution in [1.29, 1.82) is 0 Å². The second-order valence-electron chi connectivity index (χ2n) is 5.90. The Morgan fingerprint density at radius 1 is 1.14 bits per heavy atom. The Kier molecular flexibility index (Phi) is 3.66. The fourth-order valence-electron chi connectivity index (χ4n) is 3.33. The third-order valence-corrected chi connectivity index (χ3v) is 4.41. The lowest BCUT2D eigenvalue weighted by Gasteiger charge is -2.34. The van der Waals surface area contributed by atoms with Crippen LogP contribution in [0.2, 0.25) is 0 Å². The molecule has 1 aromatic rings. The molecule has 1 aromatic heterocycles. The smallest absolute Gasteiger partial charge is 0.249 e. The number of anilines is 1. The minimum Gasteiger partial charge on any atom is -0.331 e. The van der Waals surface area contributed by atoms with Crippen LogP contribution in [-0.4, -0.2) is 40.8 Å². The molecule has 0 saturated carbocycles. The van der Waals surface area contributed by atoms with Crippen LogP contribution in [0.15, 0.2) is 12.1 Å². The van der Waals surface area contributed by atoms with Crippen molar-refractivity contribution in [2.24, 2.45) is 0 Å². The zero-order valence-corrected chi connectivity index (χ0v) is 12.6. The quantitative estimate of drug-likeness (QED) is 0.791. The van der Waals surface area contributed by atoms with E-state index >= 15 is 0 Å². The topological polar surface area (TPSA) is 53.5 Å². The Labute approximate surface area is 124 Å². The summed E-state index contributed by atoms with van der Waals surface area (Å²) in [5, 5.41) is 0. The van der Waals surface area contributed by atoms with Gasteiger partial charge in [0, 0.05) is 25.2 Å². The van der Waals surface area contributed by atoms with Gasteiger partial charge < -0.3 is 9.80 Å². The van der Waals surface area contributed by atoms with Gasteiger partial charge in [0.15, 0.2) is 0 Å². The minimum atomic E-state index is -0.283. The van der Waals surface area contributed by atoms with E-state index in [0.29, 0.717) is 19.5 Å². The monoisotopic (exact) mass is 287 g/mol. The van der Waals surface area contributed by atoms with Crippen LogP contribution in [0, 0.1) is 13.8 Å². The summed E-state index contributed by atoms with van der Waals surface area (Å²) in [7, 11) is 0. The zero-order valence-electron chi connectivity index (χ0n) is 12.6. The number of nitrogens with zero attached hydrogens (tertiary/aromatic N) is 3. The van der Waals surface area contributed by atoms with Crippen molar-refractivity contribution in [3.05, 3.63) is 23.5 Å². The van der Waals surface area contributed by atoms with Crippen LogP contribution < -0.4 is 4.90 Å². The molecule has 3 rings (SSSR count). The molecule has 21 heavy (non-hydrogen) atoms. The number of hydrogen-bond acceptors (Lipinski definition) is 3. The summed E-state index contributed by atoms with van der Waals surface area (Å²) in [6.07, 6.45) is 3.19. The molecule has 5 nitrogen and oxygen atoms in total. The minimum absolute atomic E-state index is 0.0503. The summed E-state index contributed by atoms with van der Waals surface area (Å²) < 4.78 is 0. The van der Waals surface area contributed by atoms with Gasteiger partial charge in [-0.2, -0.15) is 0 Å². The lowest BCUT2D eigenvalue weighted by Crippen LogP contribution is -2.50. The molecule has 1 atom stereocenters. The van der Waals surface area contributed by atoms with Crippen molar-refractivity contribution in [3.63, 3.8) is 0 Å². The number of amides is 2. The second kappa shape index (κ2) is 5.47. The summed E-state index contributed by atoms with van der Waals surface area (Å²) in [5.74, 6) is 0.155. The summed E-state index contributed by atoms with van der Waals surface area (Å²) in [4.78, 5) is 33.1. The largest absolute Gasteiger partial charge is 0.331 e. The summed E-state index contributed by atoms with van der Waals surface area (Å²) >= 11 is 0. The average molecular weight is 287 g/mol. The van der Waals surface area contributed by atoms with E-state index in [1.165, 1.54) is 0 Å². The number of piperidine rings is 1. The van der Waals surface area contributed by atoms with Crippen LogP contribution in [0.5, 0.6) is 0 Å². The molecule has 112 valence electrons. The number of aromatic nitrogens is 1. The van der Waals surface area contributed by atoms with E-state index in [1.807, 2.05) is 26.0 Å². The van der Waals surface area contributed by atoms with Gasteiger partial charge in [-0.1, -0.05) is 0 Å². The van der Waals surface area contributed by atoms with Crippen molar-refractivity contribution in [2.45, 2.75) is 45.6 Å². The lowest BCUT2D eigenvalue weighted by molar-refractivity contribution is -0.138. The summed E-state index contributed by atoms with van der Waals surface area (Å²) in [6.45, 7) is 5.03. The number of fused-ring (bicyclic) bond motifs is 1. The number of carbonyl (C=O) groups excluding carboxylic acids is 2. The van der Waals surface area contributed by atoms with Crippen LogP contribution in [0.3, 0.4) is 0 Å². The lowest BCUT2D eigenvalue weighted by atomic mass is 10.0. The summed E-state index contributed by atoms with van der Waals surface area (Å²) in [5.41, 5.74) is 2.62. The molecule has 0 radical (unpaired) electrons. The van der Waals surface area contributed by atoms with E-state index in [2.05, 4.69) is 4.98 Å². The third kappa shape index (κ3) is 2.52. The maximum Gasteiger partial charge on any atom is 0.249 e. The molecule has 0 aromatic carbocycles. The van der Waals surface area contributed by atoms with E-state index in [9.17, 15) is 9.59 Å². The van der Waals surface area contributed by atoms with E-state index in [4.69, 9.17) is 0 Å². The Bertz CT molecular complexity index is 585. The number of rotatable bonds is 1. The number of hydrogen-bond donors (Lipinski definition) is 0. The Balaban J connectivity index is 1.95. The van der Waals surface area contributed by atoms with E-state index in [0.717, 1.165) is 36.3 Å². The molecule has 2 aliphatic heterocycles. The van der Waals surface area contributed by atoms with E-state index in [-0.39, 0.29) is 17.9 Å². The highest BCUT2D eigenvalue weighted by molar-refractivity contribution is 6.01. The van der Waals surface area contributed by atoms with Gasteiger partial charge in [0.05, 0.1) is 11.4 Å². The first-order valence-corrected chi connectivity index (χ1v) is 7.63. The van der Waals surface area contributed by atoms with Gasteiger partial charge in [0.25, 0.3) is 0 Å². The predicted octanol–water partition coefficient (Wildman–Crippen LogP) is 1.82. The van der Waals surface area contributed by atoms with Crippen molar-refractivity contribution in [1.82, 2.24) is 9.88 Å². The zero-order chi connectivity index (χ0) is 15.0. The standard InChI is InChI=1S/C16H21N3O2/c1-11-6-7-13(12(2)17-11)19-10-8-15(20)18-9-4-3-5-14(18)16(19)21/h6-7,14H,3-5,8-10H2,1-2H3.